The van der Waals surface area contributed by atoms with E-state index in [4.69, 9.17) is 5.73 Å². The highest BCUT2D eigenvalue weighted by atomic mass is 19.4. The fourth-order valence-corrected chi connectivity index (χ4v) is 1.46. The molecule has 0 atom stereocenters. The predicted molar refractivity (Wildman–Crippen MR) is 60.8 cm³/mol. The molecule has 0 saturated carbocycles. The number of alkyl halides is 3. The minimum Gasteiger partial charge on any atom is -0.404 e. The average molecular weight is 254 g/mol. The van der Waals surface area contributed by atoms with Crippen molar-refractivity contribution in [3.05, 3.63) is 42.7 Å². The number of hydrogen-bond acceptors (Lipinski definition) is 3. The molecule has 3 nitrogen and oxygen atoms in total. The molecule has 0 saturated heterocycles. The lowest BCUT2D eigenvalue weighted by Gasteiger charge is -2.12. The number of halogens is 3. The number of hydrogen-bond donors (Lipinski definition) is 1. The zero-order valence-electron chi connectivity index (χ0n) is 9.11. The standard InChI is InChI=1S/C12H9F3N2O/c13-12(14,15)18-11-6-8(3-4-10(11)16)9-2-1-5-17-7-9/h1-7H,16H2. The van der Waals surface area contributed by atoms with E-state index in [1.165, 1.54) is 12.1 Å². The Morgan fingerprint density at radius 3 is 2.50 bits per heavy atom. The SMILES string of the molecule is Nc1ccc(-c2cccnc2)cc1OC(F)(F)F. The summed E-state index contributed by atoms with van der Waals surface area (Å²) in [6, 6.07) is 7.63. The highest BCUT2D eigenvalue weighted by molar-refractivity contribution is 5.69. The first-order valence-corrected chi connectivity index (χ1v) is 5.01. The van der Waals surface area contributed by atoms with Gasteiger partial charge in [-0.05, 0) is 23.8 Å². The van der Waals surface area contributed by atoms with Crippen LogP contribution in [0.3, 0.4) is 0 Å². The van der Waals surface area contributed by atoms with Gasteiger partial charge < -0.3 is 10.5 Å². The van der Waals surface area contributed by atoms with E-state index in [2.05, 4.69) is 9.72 Å². The second kappa shape index (κ2) is 4.56. The molecule has 0 aliphatic heterocycles. The molecule has 0 amide bonds. The molecular formula is C12H9F3N2O. The summed E-state index contributed by atoms with van der Waals surface area (Å²) >= 11 is 0. The van der Waals surface area contributed by atoms with Crippen molar-refractivity contribution in [1.29, 1.82) is 0 Å². The lowest BCUT2D eigenvalue weighted by Crippen LogP contribution is -2.18. The fourth-order valence-electron chi connectivity index (χ4n) is 1.46. The molecule has 2 aromatic rings. The third-order valence-corrected chi connectivity index (χ3v) is 2.23. The largest absolute Gasteiger partial charge is 0.573 e. The first kappa shape index (κ1) is 12.2. The Hall–Kier alpha value is -2.24. The monoisotopic (exact) mass is 254 g/mol. The number of aromatic nitrogens is 1. The molecule has 0 spiro atoms. The predicted octanol–water partition coefficient (Wildman–Crippen LogP) is 3.23. The van der Waals surface area contributed by atoms with Crippen molar-refractivity contribution in [2.75, 3.05) is 5.73 Å². The Morgan fingerprint density at radius 2 is 1.89 bits per heavy atom. The first-order valence-electron chi connectivity index (χ1n) is 5.01. The van der Waals surface area contributed by atoms with Gasteiger partial charge in [-0.2, -0.15) is 0 Å². The quantitative estimate of drug-likeness (QED) is 0.837. The van der Waals surface area contributed by atoms with Gasteiger partial charge in [0.2, 0.25) is 0 Å². The molecule has 18 heavy (non-hydrogen) atoms. The van der Waals surface area contributed by atoms with E-state index in [9.17, 15) is 13.2 Å². The summed E-state index contributed by atoms with van der Waals surface area (Å²) in [7, 11) is 0. The molecule has 2 rings (SSSR count). The van der Waals surface area contributed by atoms with Gasteiger partial charge in [-0.1, -0.05) is 12.1 Å². The molecule has 1 aromatic heterocycles. The fraction of sp³-hybridized carbons (Fsp3) is 0.0833. The van der Waals surface area contributed by atoms with Crippen molar-refractivity contribution in [1.82, 2.24) is 4.98 Å². The highest BCUT2D eigenvalue weighted by Crippen LogP contribution is 2.32. The molecule has 0 bridgehead atoms. The number of nitrogens with two attached hydrogens (primary N) is 1. The Labute approximate surface area is 101 Å². The molecule has 0 aliphatic carbocycles. The Morgan fingerprint density at radius 1 is 1.11 bits per heavy atom. The molecule has 0 radical (unpaired) electrons. The molecule has 0 aliphatic rings. The topological polar surface area (TPSA) is 48.1 Å². The van der Waals surface area contributed by atoms with Crippen LogP contribution in [0.5, 0.6) is 5.75 Å². The lowest BCUT2D eigenvalue weighted by atomic mass is 10.1. The third-order valence-electron chi connectivity index (χ3n) is 2.23. The van der Waals surface area contributed by atoms with Crippen molar-refractivity contribution in [2.24, 2.45) is 0 Å². The van der Waals surface area contributed by atoms with Crippen LogP contribution in [0.4, 0.5) is 18.9 Å². The molecule has 2 N–H and O–H groups in total. The Balaban J connectivity index is 2.38. The van der Waals surface area contributed by atoms with E-state index in [1.807, 2.05) is 0 Å². The number of nitrogens with zero attached hydrogens (tertiary/aromatic N) is 1. The number of pyridine rings is 1. The summed E-state index contributed by atoms with van der Waals surface area (Å²) in [6.45, 7) is 0. The van der Waals surface area contributed by atoms with Crippen molar-refractivity contribution < 1.29 is 17.9 Å². The minimum atomic E-state index is -4.76. The van der Waals surface area contributed by atoms with Gasteiger partial charge in [-0.3, -0.25) is 4.98 Å². The van der Waals surface area contributed by atoms with Crippen LogP contribution in [0.1, 0.15) is 0 Å². The van der Waals surface area contributed by atoms with Crippen LogP contribution < -0.4 is 10.5 Å². The van der Waals surface area contributed by atoms with Crippen LogP contribution >= 0.6 is 0 Å². The Bertz CT molecular complexity index is 541. The van der Waals surface area contributed by atoms with Gasteiger partial charge in [0.05, 0.1) is 5.69 Å². The number of anilines is 1. The molecular weight excluding hydrogens is 245 g/mol. The summed E-state index contributed by atoms with van der Waals surface area (Å²) in [5.74, 6) is -0.413. The molecule has 94 valence electrons. The smallest absolute Gasteiger partial charge is 0.404 e. The third kappa shape index (κ3) is 2.91. The van der Waals surface area contributed by atoms with Gasteiger partial charge in [0.15, 0.2) is 5.75 Å². The van der Waals surface area contributed by atoms with Crippen molar-refractivity contribution in [3.63, 3.8) is 0 Å². The Kier molecular flexibility index (Phi) is 3.10. The highest BCUT2D eigenvalue weighted by Gasteiger charge is 2.32. The van der Waals surface area contributed by atoms with Gasteiger partial charge in [0.1, 0.15) is 0 Å². The van der Waals surface area contributed by atoms with E-state index in [-0.39, 0.29) is 5.69 Å². The number of rotatable bonds is 2. The van der Waals surface area contributed by atoms with Crippen LogP contribution in [0.15, 0.2) is 42.7 Å². The van der Waals surface area contributed by atoms with E-state index < -0.39 is 12.1 Å². The van der Waals surface area contributed by atoms with Crippen molar-refractivity contribution in [3.8, 4) is 16.9 Å². The first-order chi connectivity index (χ1) is 8.46. The molecule has 6 heteroatoms. The molecule has 1 heterocycles. The summed E-state index contributed by atoms with van der Waals surface area (Å²) in [5, 5.41) is 0. The normalized spacial score (nSPS) is 11.3. The van der Waals surface area contributed by atoms with Crippen LogP contribution in [0.25, 0.3) is 11.1 Å². The zero-order valence-corrected chi connectivity index (χ0v) is 9.11. The summed E-state index contributed by atoms with van der Waals surface area (Å²) < 4.78 is 40.3. The second-order valence-electron chi connectivity index (χ2n) is 3.54. The van der Waals surface area contributed by atoms with Crippen LogP contribution in [0, 0.1) is 0 Å². The van der Waals surface area contributed by atoms with E-state index in [0.717, 1.165) is 0 Å². The number of nitrogen functional groups attached to an aromatic ring is 1. The maximum atomic E-state index is 12.2. The summed E-state index contributed by atoms with van der Waals surface area (Å²) in [4.78, 5) is 3.89. The second-order valence-corrected chi connectivity index (χ2v) is 3.54. The van der Waals surface area contributed by atoms with Gasteiger partial charge in [-0.15, -0.1) is 13.2 Å². The summed E-state index contributed by atoms with van der Waals surface area (Å²) in [6.07, 6.45) is -1.64. The van der Waals surface area contributed by atoms with Gasteiger partial charge in [-0.25, -0.2) is 0 Å². The van der Waals surface area contributed by atoms with E-state index >= 15 is 0 Å². The van der Waals surface area contributed by atoms with Gasteiger partial charge in [0, 0.05) is 18.0 Å². The van der Waals surface area contributed by atoms with E-state index in [0.29, 0.717) is 11.1 Å². The van der Waals surface area contributed by atoms with Crippen LogP contribution in [0.2, 0.25) is 0 Å². The van der Waals surface area contributed by atoms with Gasteiger partial charge in [0.25, 0.3) is 0 Å². The lowest BCUT2D eigenvalue weighted by molar-refractivity contribution is -0.274. The molecule has 0 fully saturated rings. The average Bonchev–Trinajstić information content (AvgIpc) is 2.31. The summed E-state index contributed by atoms with van der Waals surface area (Å²) in [5.41, 5.74) is 6.60. The maximum absolute atomic E-state index is 12.2. The molecule has 1 aromatic carbocycles. The van der Waals surface area contributed by atoms with E-state index in [1.54, 1.807) is 30.6 Å². The van der Waals surface area contributed by atoms with Gasteiger partial charge >= 0.3 is 6.36 Å². The number of ether oxygens (including phenoxy) is 1. The maximum Gasteiger partial charge on any atom is 0.573 e. The number of benzene rings is 1. The van der Waals surface area contributed by atoms with Crippen LogP contribution in [-0.2, 0) is 0 Å². The minimum absolute atomic E-state index is 0.0695. The van der Waals surface area contributed by atoms with Crippen molar-refractivity contribution >= 4 is 5.69 Å². The van der Waals surface area contributed by atoms with Crippen LogP contribution in [-0.4, -0.2) is 11.3 Å². The molecule has 0 unspecified atom stereocenters. The van der Waals surface area contributed by atoms with Crippen molar-refractivity contribution in [2.45, 2.75) is 6.36 Å². The zero-order chi connectivity index (χ0) is 13.2.